The Morgan fingerprint density at radius 3 is 2.79 bits per heavy atom. The predicted molar refractivity (Wildman–Crippen MR) is 91.2 cm³/mol. The Morgan fingerprint density at radius 1 is 1.42 bits per heavy atom. The van der Waals surface area contributed by atoms with Crippen LogP contribution in [0.2, 0.25) is 0 Å². The van der Waals surface area contributed by atoms with Gasteiger partial charge in [0.25, 0.3) is 0 Å². The van der Waals surface area contributed by atoms with Crippen molar-refractivity contribution in [3.8, 4) is 11.4 Å². The lowest BCUT2D eigenvalue weighted by Crippen LogP contribution is -2.48. The van der Waals surface area contributed by atoms with Gasteiger partial charge in [-0.05, 0) is 44.7 Å². The molecule has 2 aromatic rings. The van der Waals surface area contributed by atoms with Crippen molar-refractivity contribution < 1.29 is 9.13 Å². The van der Waals surface area contributed by atoms with Crippen LogP contribution in [-0.2, 0) is 6.42 Å². The lowest BCUT2D eigenvalue weighted by Gasteiger charge is -2.47. The molecule has 0 radical (unpaired) electrons. The summed E-state index contributed by atoms with van der Waals surface area (Å²) in [5.41, 5.74) is 7.94. The Hall–Kier alpha value is -1.88. The van der Waals surface area contributed by atoms with E-state index in [0.29, 0.717) is 6.42 Å². The van der Waals surface area contributed by atoms with Crippen molar-refractivity contribution in [3.05, 3.63) is 42.0 Å². The third-order valence-corrected chi connectivity index (χ3v) is 5.14. The minimum atomic E-state index is -1.27. The summed E-state index contributed by atoms with van der Waals surface area (Å²) in [6.45, 7) is 3.20. The first kappa shape index (κ1) is 15.6. The number of imidazole rings is 1. The average Bonchev–Trinajstić information content (AvgIpc) is 2.98. The highest BCUT2D eigenvalue weighted by atomic mass is 19.1. The van der Waals surface area contributed by atoms with E-state index in [1.54, 1.807) is 26.4 Å². The zero-order chi connectivity index (χ0) is 16.9. The largest absolute Gasteiger partial charge is 0.485 e. The summed E-state index contributed by atoms with van der Waals surface area (Å²) >= 11 is 0. The number of nitrogens with zero attached hydrogens (tertiary/aromatic N) is 2. The van der Waals surface area contributed by atoms with E-state index in [9.17, 15) is 4.39 Å². The summed E-state index contributed by atoms with van der Waals surface area (Å²) in [5, 5.41) is 0. The smallest absolute Gasteiger partial charge is 0.148 e. The fourth-order valence-electron chi connectivity index (χ4n) is 3.91. The molecular formula is C19H24FN3O. The lowest BCUT2D eigenvalue weighted by atomic mass is 9.73. The topological polar surface area (TPSA) is 53.1 Å². The molecular weight excluding hydrogens is 305 g/mol. The predicted octanol–water partition coefficient (Wildman–Crippen LogP) is 3.87. The van der Waals surface area contributed by atoms with Gasteiger partial charge >= 0.3 is 0 Å². The van der Waals surface area contributed by atoms with Crippen LogP contribution in [-0.4, -0.2) is 20.8 Å². The van der Waals surface area contributed by atoms with Gasteiger partial charge in [0.05, 0.1) is 12.0 Å². The summed E-state index contributed by atoms with van der Waals surface area (Å²) in [6.07, 6.45) is 9.86. The molecule has 1 atom stereocenters. The number of nitrogens with two attached hydrogens (primary N) is 1. The molecule has 1 saturated carbocycles. The minimum Gasteiger partial charge on any atom is -0.485 e. The Labute approximate surface area is 141 Å². The maximum atomic E-state index is 14.2. The van der Waals surface area contributed by atoms with Crippen LogP contribution in [0.15, 0.2) is 30.9 Å². The molecule has 4 rings (SSSR count). The summed E-state index contributed by atoms with van der Waals surface area (Å²) in [4.78, 5) is 4.14. The van der Waals surface area contributed by atoms with E-state index in [-0.39, 0.29) is 11.6 Å². The zero-order valence-corrected chi connectivity index (χ0v) is 14.3. The molecule has 4 nitrogen and oxygen atoms in total. The van der Waals surface area contributed by atoms with Crippen LogP contribution in [0.1, 0.15) is 56.7 Å². The van der Waals surface area contributed by atoms with Gasteiger partial charge in [0, 0.05) is 36.8 Å². The van der Waals surface area contributed by atoms with E-state index in [2.05, 4.69) is 4.98 Å². The molecule has 0 amide bonds. The number of fused-ring (bicyclic) bond motifs is 1. The Balaban J connectivity index is 1.84. The molecule has 1 aliphatic carbocycles. The molecule has 1 fully saturated rings. The standard InChI is InChI=1S/C19H24FN3O/c1-18(2,20)10-13-8-14-15(21)11-19(4-3-5-19)24-17(14)16(9-13)23-7-6-22-12-23/h6-9,12,15H,3-5,10-11,21H2,1-2H3. The molecule has 2 aliphatic rings. The third kappa shape index (κ3) is 2.71. The van der Waals surface area contributed by atoms with Gasteiger partial charge in [-0.3, -0.25) is 0 Å². The van der Waals surface area contributed by atoms with Crippen molar-refractivity contribution in [3.63, 3.8) is 0 Å². The number of aromatic nitrogens is 2. The maximum Gasteiger partial charge on any atom is 0.148 e. The van der Waals surface area contributed by atoms with Crippen molar-refractivity contribution in [2.75, 3.05) is 0 Å². The summed E-state index contributed by atoms with van der Waals surface area (Å²) < 4.78 is 22.6. The van der Waals surface area contributed by atoms with Gasteiger partial charge in [0.2, 0.25) is 0 Å². The summed E-state index contributed by atoms with van der Waals surface area (Å²) in [7, 11) is 0. The van der Waals surface area contributed by atoms with Crippen LogP contribution in [0, 0.1) is 0 Å². The number of alkyl halides is 1. The van der Waals surface area contributed by atoms with Gasteiger partial charge in [-0.25, -0.2) is 9.37 Å². The van der Waals surface area contributed by atoms with Crippen LogP contribution >= 0.6 is 0 Å². The molecule has 1 aliphatic heterocycles. The first-order chi connectivity index (χ1) is 11.4. The second kappa shape index (κ2) is 5.31. The number of benzene rings is 1. The molecule has 1 spiro atoms. The molecule has 2 heterocycles. The van der Waals surface area contributed by atoms with E-state index in [1.807, 2.05) is 22.9 Å². The average molecular weight is 329 g/mol. The van der Waals surface area contributed by atoms with Gasteiger partial charge in [-0.15, -0.1) is 0 Å². The van der Waals surface area contributed by atoms with Gasteiger partial charge in [0.1, 0.15) is 17.0 Å². The Kier molecular flexibility index (Phi) is 3.46. The normalized spacial score (nSPS) is 21.9. The summed E-state index contributed by atoms with van der Waals surface area (Å²) in [6, 6.07) is 3.96. The molecule has 1 aromatic carbocycles. The quantitative estimate of drug-likeness (QED) is 0.930. The van der Waals surface area contributed by atoms with Crippen LogP contribution in [0.25, 0.3) is 5.69 Å². The van der Waals surface area contributed by atoms with Gasteiger partial charge in [-0.1, -0.05) is 6.07 Å². The van der Waals surface area contributed by atoms with Crippen LogP contribution in [0.5, 0.6) is 5.75 Å². The second-order valence-corrected chi connectivity index (χ2v) is 7.85. The first-order valence-corrected chi connectivity index (χ1v) is 8.64. The Morgan fingerprint density at radius 2 is 2.21 bits per heavy atom. The fourth-order valence-corrected chi connectivity index (χ4v) is 3.91. The molecule has 0 saturated heterocycles. The number of hydrogen-bond donors (Lipinski definition) is 1. The molecule has 2 N–H and O–H groups in total. The zero-order valence-electron chi connectivity index (χ0n) is 14.3. The molecule has 128 valence electrons. The minimum absolute atomic E-state index is 0.0704. The van der Waals surface area contributed by atoms with E-state index < -0.39 is 5.67 Å². The number of rotatable bonds is 3. The molecule has 0 bridgehead atoms. The van der Waals surface area contributed by atoms with Crippen LogP contribution < -0.4 is 10.5 Å². The highest BCUT2D eigenvalue weighted by molar-refractivity contribution is 5.57. The van der Waals surface area contributed by atoms with Crippen molar-refractivity contribution >= 4 is 0 Å². The Bertz CT molecular complexity index is 745. The lowest BCUT2D eigenvalue weighted by molar-refractivity contribution is -0.0329. The third-order valence-electron chi connectivity index (χ3n) is 5.14. The van der Waals surface area contributed by atoms with Crippen molar-refractivity contribution in [2.45, 2.75) is 63.3 Å². The summed E-state index contributed by atoms with van der Waals surface area (Å²) in [5.74, 6) is 0.840. The van der Waals surface area contributed by atoms with Gasteiger partial charge in [-0.2, -0.15) is 0 Å². The van der Waals surface area contributed by atoms with E-state index in [0.717, 1.165) is 41.8 Å². The van der Waals surface area contributed by atoms with Gasteiger partial charge in [0.15, 0.2) is 0 Å². The monoisotopic (exact) mass is 329 g/mol. The van der Waals surface area contributed by atoms with E-state index >= 15 is 0 Å². The van der Waals surface area contributed by atoms with E-state index in [4.69, 9.17) is 10.5 Å². The highest BCUT2D eigenvalue weighted by Crippen LogP contribution is 2.50. The molecule has 24 heavy (non-hydrogen) atoms. The van der Waals surface area contributed by atoms with Crippen LogP contribution in [0.3, 0.4) is 0 Å². The molecule has 1 unspecified atom stereocenters. The molecule has 5 heteroatoms. The van der Waals surface area contributed by atoms with Crippen molar-refractivity contribution in [1.82, 2.24) is 9.55 Å². The van der Waals surface area contributed by atoms with Gasteiger partial charge < -0.3 is 15.0 Å². The second-order valence-electron chi connectivity index (χ2n) is 7.85. The molecule has 1 aromatic heterocycles. The maximum absolute atomic E-state index is 14.2. The first-order valence-electron chi connectivity index (χ1n) is 8.64. The van der Waals surface area contributed by atoms with Crippen molar-refractivity contribution in [1.29, 1.82) is 0 Å². The highest BCUT2D eigenvalue weighted by Gasteiger charge is 2.45. The number of ether oxygens (including phenoxy) is 1. The van der Waals surface area contributed by atoms with E-state index in [1.165, 1.54) is 6.42 Å². The number of halogens is 1. The van der Waals surface area contributed by atoms with Crippen molar-refractivity contribution in [2.24, 2.45) is 5.73 Å². The SMILES string of the molecule is CC(C)(F)Cc1cc2c(c(-n3ccnc3)c1)OC1(CCC1)CC2N. The van der Waals surface area contributed by atoms with Crippen LogP contribution in [0.4, 0.5) is 4.39 Å². The number of hydrogen-bond acceptors (Lipinski definition) is 3. The fraction of sp³-hybridized carbons (Fsp3) is 0.526.